The van der Waals surface area contributed by atoms with Crippen LogP contribution in [0.5, 0.6) is 5.75 Å². The van der Waals surface area contributed by atoms with Crippen LogP contribution in [0.25, 0.3) is 0 Å². The Morgan fingerprint density at radius 3 is 2.62 bits per heavy atom. The Morgan fingerprint density at radius 1 is 1.29 bits per heavy atom. The summed E-state index contributed by atoms with van der Waals surface area (Å²) >= 11 is 5.84. The zero-order valence-electron chi connectivity index (χ0n) is 11.1. The Morgan fingerprint density at radius 2 is 2.00 bits per heavy atom. The molecular weight excluding hydrogens is 295 g/mol. The third kappa shape index (κ3) is 3.79. The fourth-order valence-corrected chi connectivity index (χ4v) is 1.81. The highest BCUT2D eigenvalue weighted by Gasteiger charge is 2.06. The fourth-order valence-electron chi connectivity index (χ4n) is 1.60. The number of carbonyl (C=O) groups excluding carboxylic acids is 1. The second kappa shape index (κ2) is 6.85. The number of benzene rings is 2. The molecule has 0 aliphatic carbocycles. The monoisotopic (exact) mass is 306 g/mol. The lowest BCUT2D eigenvalue weighted by atomic mass is 10.2. The summed E-state index contributed by atoms with van der Waals surface area (Å²) in [6.07, 6.45) is 1.17. The summed E-state index contributed by atoms with van der Waals surface area (Å²) in [5, 5.41) is 3.92. The lowest BCUT2D eigenvalue weighted by Crippen LogP contribution is -2.17. The molecule has 108 valence electrons. The summed E-state index contributed by atoms with van der Waals surface area (Å²) in [6.45, 7) is 0. The molecule has 0 fully saturated rings. The first-order valence-corrected chi connectivity index (χ1v) is 6.41. The minimum Gasteiger partial charge on any atom is -0.497 e. The predicted octanol–water partition coefficient (Wildman–Crippen LogP) is 3.25. The first-order valence-electron chi connectivity index (χ1n) is 6.03. The molecule has 0 saturated carbocycles. The molecule has 1 amide bonds. The van der Waals surface area contributed by atoms with Crippen molar-refractivity contribution in [3.05, 3.63) is 64.4 Å². The number of nitrogens with one attached hydrogen (secondary N) is 1. The summed E-state index contributed by atoms with van der Waals surface area (Å²) in [4.78, 5) is 11.8. The zero-order valence-corrected chi connectivity index (χ0v) is 11.9. The van der Waals surface area contributed by atoms with Crippen LogP contribution in [-0.4, -0.2) is 19.2 Å². The predicted molar refractivity (Wildman–Crippen MR) is 79.5 cm³/mol. The molecule has 0 unspecified atom stereocenters. The summed E-state index contributed by atoms with van der Waals surface area (Å²) in [7, 11) is 1.54. The van der Waals surface area contributed by atoms with Gasteiger partial charge in [-0.1, -0.05) is 17.7 Å². The zero-order chi connectivity index (χ0) is 15.2. The van der Waals surface area contributed by atoms with E-state index in [0.717, 1.165) is 0 Å². The van der Waals surface area contributed by atoms with Gasteiger partial charge in [-0.2, -0.15) is 5.10 Å². The molecular formula is C15H12ClFN2O2. The van der Waals surface area contributed by atoms with Crippen molar-refractivity contribution in [1.82, 2.24) is 5.43 Å². The first kappa shape index (κ1) is 15.0. The van der Waals surface area contributed by atoms with E-state index in [9.17, 15) is 9.18 Å². The molecule has 21 heavy (non-hydrogen) atoms. The number of methoxy groups -OCH3 is 1. The molecule has 0 heterocycles. The van der Waals surface area contributed by atoms with Crippen LogP contribution in [-0.2, 0) is 0 Å². The van der Waals surface area contributed by atoms with Crippen molar-refractivity contribution in [3.8, 4) is 5.75 Å². The molecule has 6 heteroatoms. The van der Waals surface area contributed by atoms with Gasteiger partial charge in [0.05, 0.1) is 18.3 Å². The molecule has 1 N–H and O–H groups in total. The number of amides is 1. The Hall–Kier alpha value is -2.40. The SMILES string of the molecule is COc1ccc(C(=O)NN=Cc2c(F)cccc2Cl)cc1. The average Bonchev–Trinajstić information content (AvgIpc) is 2.50. The largest absolute Gasteiger partial charge is 0.497 e. The highest BCUT2D eigenvalue weighted by molar-refractivity contribution is 6.33. The van der Waals surface area contributed by atoms with E-state index >= 15 is 0 Å². The van der Waals surface area contributed by atoms with Gasteiger partial charge < -0.3 is 4.74 Å². The van der Waals surface area contributed by atoms with Gasteiger partial charge in [-0.3, -0.25) is 4.79 Å². The van der Waals surface area contributed by atoms with Gasteiger partial charge in [0.2, 0.25) is 0 Å². The summed E-state index contributed by atoms with van der Waals surface area (Å²) in [5.41, 5.74) is 2.83. The Labute approximate surface area is 126 Å². The maximum Gasteiger partial charge on any atom is 0.271 e. The second-order valence-electron chi connectivity index (χ2n) is 4.06. The van der Waals surface area contributed by atoms with Crippen molar-refractivity contribution in [2.24, 2.45) is 5.10 Å². The molecule has 0 bridgehead atoms. The van der Waals surface area contributed by atoms with Crippen molar-refractivity contribution in [2.75, 3.05) is 7.11 Å². The van der Waals surface area contributed by atoms with Gasteiger partial charge in [-0.05, 0) is 36.4 Å². The fraction of sp³-hybridized carbons (Fsp3) is 0.0667. The van der Waals surface area contributed by atoms with Crippen LogP contribution in [0, 0.1) is 5.82 Å². The third-order valence-corrected chi connectivity index (χ3v) is 3.04. The summed E-state index contributed by atoms with van der Waals surface area (Å²) in [6, 6.07) is 10.8. The van der Waals surface area contributed by atoms with Crippen LogP contribution in [0.4, 0.5) is 4.39 Å². The maximum absolute atomic E-state index is 13.5. The molecule has 0 aliphatic heterocycles. The normalized spacial score (nSPS) is 10.6. The Kier molecular flexibility index (Phi) is 4.90. The maximum atomic E-state index is 13.5. The highest BCUT2D eigenvalue weighted by atomic mass is 35.5. The highest BCUT2D eigenvalue weighted by Crippen LogP contribution is 2.16. The van der Waals surface area contributed by atoms with Crippen LogP contribution in [0.2, 0.25) is 5.02 Å². The number of hydrazone groups is 1. The van der Waals surface area contributed by atoms with Gasteiger partial charge in [0, 0.05) is 11.1 Å². The minimum absolute atomic E-state index is 0.120. The first-order chi connectivity index (χ1) is 10.1. The van der Waals surface area contributed by atoms with Gasteiger partial charge in [0.25, 0.3) is 5.91 Å². The van der Waals surface area contributed by atoms with E-state index in [-0.39, 0.29) is 10.6 Å². The molecule has 0 radical (unpaired) electrons. The van der Waals surface area contributed by atoms with E-state index in [1.165, 1.54) is 31.5 Å². The summed E-state index contributed by atoms with van der Waals surface area (Å²) < 4.78 is 18.5. The molecule has 0 spiro atoms. The number of hydrogen-bond acceptors (Lipinski definition) is 3. The van der Waals surface area contributed by atoms with Gasteiger partial charge in [0.1, 0.15) is 11.6 Å². The van der Waals surface area contributed by atoms with Crippen molar-refractivity contribution >= 4 is 23.7 Å². The molecule has 0 aliphatic rings. The van der Waals surface area contributed by atoms with E-state index < -0.39 is 11.7 Å². The molecule has 0 atom stereocenters. The van der Waals surface area contributed by atoms with Crippen LogP contribution in [0.3, 0.4) is 0 Å². The van der Waals surface area contributed by atoms with E-state index in [0.29, 0.717) is 11.3 Å². The standard InChI is InChI=1S/C15H12ClFN2O2/c1-21-11-7-5-10(6-8-11)15(20)19-18-9-12-13(16)3-2-4-14(12)17/h2-9H,1H3,(H,19,20). The van der Waals surface area contributed by atoms with Crippen molar-refractivity contribution in [2.45, 2.75) is 0 Å². The molecule has 2 aromatic carbocycles. The second-order valence-corrected chi connectivity index (χ2v) is 4.47. The third-order valence-electron chi connectivity index (χ3n) is 2.71. The Bertz CT molecular complexity index is 652. The van der Waals surface area contributed by atoms with E-state index in [1.807, 2.05) is 0 Å². The van der Waals surface area contributed by atoms with Crippen LogP contribution in [0.1, 0.15) is 15.9 Å². The molecule has 2 rings (SSSR count). The van der Waals surface area contributed by atoms with Gasteiger partial charge in [0.15, 0.2) is 0 Å². The van der Waals surface area contributed by atoms with Crippen LogP contribution >= 0.6 is 11.6 Å². The number of halogens is 2. The molecule has 2 aromatic rings. The minimum atomic E-state index is -0.509. The average molecular weight is 307 g/mol. The summed E-state index contributed by atoms with van der Waals surface area (Å²) in [5.74, 6) is -0.278. The van der Waals surface area contributed by atoms with Crippen molar-refractivity contribution in [3.63, 3.8) is 0 Å². The van der Waals surface area contributed by atoms with E-state index in [4.69, 9.17) is 16.3 Å². The quantitative estimate of drug-likeness (QED) is 0.696. The van der Waals surface area contributed by atoms with Crippen molar-refractivity contribution in [1.29, 1.82) is 0 Å². The molecule has 0 aromatic heterocycles. The number of nitrogens with zero attached hydrogens (tertiary/aromatic N) is 1. The van der Waals surface area contributed by atoms with E-state index in [1.54, 1.807) is 24.3 Å². The molecule has 0 saturated heterocycles. The van der Waals surface area contributed by atoms with Gasteiger partial charge in [-0.25, -0.2) is 9.82 Å². The lowest BCUT2D eigenvalue weighted by Gasteiger charge is -2.02. The number of hydrogen-bond donors (Lipinski definition) is 1. The van der Waals surface area contributed by atoms with Crippen molar-refractivity contribution < 1.29 is 13.9 Å². The number of carbonyl (C=O) groups is 1. The van der Waals surface area contributed by atoms with Crippen LogP contribution < -0.4 is 10.2 Å². The lowest BCUT2D eigenvalue weighted by molar-refractivity contribution is 0.0955. The Balaban J connectivity index is 2.05. The number of ether oxygens (including phenoxy) is 1. The van der Waals surface area contributed by atoms with E-state index in [2.05, 4.69) is 10.5 Å². The number of rotatable bonds is 4. The van der Waals surface area contributed by atoms with Gasteiger partial charge in [-0.15, -0.1) is 0 Å². The topological polar surface area (TPSA) is 50.7 Å². The molecule has 4 nitrogen and oxygen atoms in total. The smallest absolute Gasteiger partial charge is 0.271 e. The van der Waals surface area contributed by atoms with Gasteiger partial charge >= 0.3 is 0 Å². The van der Waals surface area contributed by atoms with Crippen LogP contribution in [0.15, 0.2) is 47.6 Å².